The molecule has 1 atom stereocenters. The van der Waals surface area contributed by atoms with Gasteiger partial charge in [-0.3, -0.25) is 4.79 Å². The molecule has 0 spiro atoms. The van der Waals surface area contributed by atoms with Crippen molar-refractivity contribution in [2.24, 2.45) is 0 Å². The Hall–Kier alpha value is -3.00. The maximum absolute atomic E-state index is 13.1. The molecule has 3 rings (SSSR count). The highest BCUT2D eigenvalue weighted by molar-refractivity contribution is 9.10. The van der Waals surface area contributed by atoms with Gasteiger partial charge in [-0.15, -0.1) is 0 Å². The summed E-state index contributed by atoms with van der Waals surface area (Å²) in [5.74, 6) is 0.728. The molecule has 0 unspecified atom stereocenters. The van der Waals surface area contributed by atoms with Crippen molar-refractivity contribution >= 4 is 33.6 Å². The number of halogens is 1. The van der Waals surface area contributed by atoms with Crippen molar-refractivity contribution in [3.63, 3.8) is 0 Å². The van der Waals surface area contributed by atoms with Crippen LogP contribution in [0.3, 0.4) is 0 Å². The Bertz CT molecular complexity index is 941. The SMILES string of the molecule is COc1ccc(OC)c(NC(=O)C2=C(C)NC(=O)N[C@@H]2c2ccc(Br)cc2)c1. The lowest BCUT2D eigenvalue weighted by Crippen LogP contribution is -2.45. The molecule has 8 heteroatoms. The topological polar surface area (TPSA) is 88.7 Å². The highest BCUT2D eigenvalue weighted by Gasteiger charge is 2.31. The second-order valence-electron chi connectivity index (χ2n) is 6.14. The quantitative estimate of drug-likeness (QED) is 0.653. The predicted octanol–water partition coefficient (Wildman–Crippen LogP) is 3.73. The highest BCUT2D eigenvalue weighted by atomic mass is 79.9. The Kier molecular flexibility index (Phi) is 5.89. The molecular formula is C20H20BrN3O4. The first-order valence-electron chi connectivity index (χ1n) is 8.50. The number of urea groups is 1. The minimum Gasteiger partial charge on any atom is -0.497 e. The van der Waals surface area contributed by atoms with Gasteiger partial charge in [0.1, 0.15) is 11.5 Å². The number of carbonyl (C=O) groups is 2. The van der Waals surface area contributed by atoms with E-state index in [0.29, 0.717) is 28.5 Å². The smallest absolute Gasteiger partial charge is 0.319 e. The van der Waals surface area contributed by atoms with Crippen molar-refractivity contribution in [1.82, 2.24) is 10.6 Å². The van der Waals surface area contributed by atoms with Gasteiger partial charge in [0, 0.05) is 16.2 Å². The Morgan fingerprint density at radius 3 is 2.46 bits per heavy atom. The lowest BCUT2D eigenvalue weighted by Gasteiger charge is -2.29. The summed E-state index contributed by atoms with van der Waals surface area (Å²) in [5, 5.41) is 8.33. The fraction of sp³-hybridized carbons (Fsp3) is 0.200. The Morgan fingerprint density at radius 2 is 1.82 bits per heavy atom. The van der Waals surface area contributed by atoms with Gasteiger partial charge in [-0.1, -0.05) is 28.1 Å². The summed E-state index contributed by atoms with van der Waals surface area (Å²) in [6.07, 6.45) is 0. The van der Waals surface area contributed by atoms with E-state index in [1.165, 1.54) is 7.11 Å². The van der Waals surface area contributed by atoms with Crippen LogP contribution in [0, 0.1) is 0 Å². The third-order valence-electron chi connectivity index (χ3n) is 4.37. The molecule has 1 heterocycles. The zero-order chi connectivity index (χ0) is 20.3. The number of rotatable bonds is 5. The zero-order valence-corrected chi connectivity index (χ0v) is 17.2. The fourth-order valence-corrected chi connectivity index (χ4v) is 3.27. The summed E-state index contributed by atoms with van der Waals surface area (Å²) in [5.41, 5.74) is 2.15. The first-order chi connectivity index (χ1) is 13.4. The summed E-state index contributed by atoms with van der Waals surface area (Å²) in [6.45, 7) is 1.70. The van der Waals surface area contributed by atoms with E-state index in [4.69, 9.17) is 9.47 Å². The lowest BCUT2D eigenvalue weighted by atomic mass is 9.95. The van der Waals surface area contributed by atoms with Crippen LogP contribution >= 0.6 is 15.9 Å². The predicted molar refractivity (Wildman–Crippen MR) is 109 cm³/mol. The molecule has 3 N–H and O–H groups in total. The third-order valence-corrected chi connectivity index (χ3v) is 4.90. The molecule has 1 aliphatic rings. The highest BCUT2D eigenvalue weighted by Crippen LogP contribution is 2.32. The van der Waals surface area contributed by atoms with Crippen molar-refractivity contribution in [1.29, 1.82) is 0 Å². The molecule has 0 saturated carbocycles. The summed E-state index contributed by atoms with van der Waals surface area (Å²) < 4.78 is 11.5. The molecule has 7 nitrogen and oxygen atoms in total. The second kappa shape index (κ2) is 8.35. The summed E-state index contributed by atoms with van der Waals surface area (Å²) in [7, 11) is 3.07. The Balaban J connectivity index is 1.97. The van der Waals surface area contributed by atoms with Crippen molar-refractivity contribution < 1.29 is 19.1 Å². The average molecular weight is 446 g/mol. The number of carbonyl (C=O) groups excluding carboxylic acids is 2. The molecular weight excluding hydrogens is 426 g/mol. The van der Waals surface area contributed by atoms with Crippen LogP contribution < -0.4 is 25.4 Å². The van der Waals surface area contributed by atoms with Crippen LogP contribution in [0.4, 0.5) is 10.5 Å². The number of ether oxygens (including phenoxy) is 2. The van der Waals surface area contributed by atoms with Crippen molar-refractivity contribution in [2.45, 2.75) is 13.0 Å². The van der Waals surface area contributed by atoms with Gasteiger partial charge in [-0.05, 0) is 36.8 Å². The molecule has 2 aromatic carbocycles. The number of hydrogen-bond acceptors (Lipinski definition) is 4. The number of allylic oxidation sites excluding steroid dienone is 1. The summed E-state index contributed by atoms with van der Waals surface area (Å²) >= 11 is 3.39. The third kappa shape index (κ3) is 4.12. The van der Waals surface area contributed by atoms with Crippen LogP contribution in [0.2, 0.25) is 0 Å². The second-order valence-corrected chi connectivity index (χ2v) is 7.06. The van der Waals surface area contributed by atoms with Crippen LogP contribution in [0.25, 0.3) is 0 Å². The van der Waals surface area contributed by atoms with Crippen molar-refractivity contribution in [3.8, 4) is 11.5 Å². The molecule has 1 aliphatic heterocycles. The summed E-state index contributed by atoms with van der Waals surface area (Å²) in [6, 6.07) is 11.6. The van der Waals surface area contributed by atoms with Crippen LogP contribution in [-0.4, -0.2) is 26.2 Å². The lowest BCUT2D eigenvalue weighted by molar-refractivity contribution is -0.113. The standard InChI is InChI=1S/C20H20BrN3O4/c1-11-17(18(24-20(26)22-11)12-4-6-13(21)7-5-12)19(25)23-15-10-14(27-2)8-9-16(15)28-3/h4-10,18H,1-3H3,(H,23,25)(H2,22,24,26)/t18-/m1/s1. The number of nitrogens with one attached hydrogen (secondary N) is 3. The van der Waals surface area contributed by atoms with Gasteiger partial charge in [-0.2, -0.15) is 0 Å². The molecule has 0 fully saturated rings. The first-order valence-corrected chi connectivity index (χ1v) is 9.29. The van der Waals surface area contributed by atoms with E-state index in [0.717, 1.165) is 10.0 Å². The number of anilines is 1. The maximum atomic E-state index is 13.1. The number of benzene rings is 2. The molecule has 0 aliphatic carbocycles. The van der Waals surface area contributed by atoms with E-state index in [-0.39, 0.29) is 11.9 Å². The molecule has 146 valence electrons. The molecule has 0 radical (unpaired) electrons. The molecule has 3 amide bonds. The van der Waals surface area contributed by atoms with Gasteiger partial charge in [0.2, 0.25) is 0 Å². The number of methoxy groups -OCH3 is 2. The maximum Gasteiger partial charge on any atom is 0.319 e. The number of hydrogen-bond donors (Lipinski definition) is 3. The molecule has 0 bridgehead atoms. The molecule has 0 saturated heterocycles. The van der Waals surface area contributed by atoms with Crippen molar-refractivity contribution in [2.75, 3.05) is 19.5 Å². The Labute approximate surface area is 171 Å². The first kappa shape index (κ1) is 19.8. The van der Waals surface area contributed by atoms with E-state index in [2.05, 4.69) is 31.9 Å². The average Bonchev–Trinajstić information content (AvgIpc) is 2.67. The molecule has 28 heavy (non-hydrogen) atoms. The minimum absolute atomic E-state index is 0.357. The van der Waals surface area contributed by atoms with Gasteiger partial charge in [-0.25, -0.2) is 4.79 Å². The number of amides is 3. The Morgan fingerprint density at radius 1 is 1.11 bits per heavy atom. The normalized spacial score (nSPS) is 16.1. The van der Waals surface area contributed by atoms with Gasteiger partial charge >= 0.3 is 6.03 Å². The van der Waals surface area contributed by atoms with Gasteiger partial charge in [0.05, 0.1) is 31.5 Å². The zero-order valence-electron chi connectivity index (χ0n) is 15.6. The van der Waals surface area contributed by atoms with Crippen LogP contribution in [-0.2, 0) is 4.79 Å². The van der Waals surface area contributed by atoms with Crippen LogP contribution in [0.1, 0.15) is 18.5 Å². The molecule has 0 aromatic heterocycles. The van der Waals surface area contributed by atoms with E-state index in [1.54, 1.807) is 32.2 Å². The van der Waals surface area contributed by atoms with Gasteiger partial charge in [0.25, 0.3) is 5.91 Å². The molecule has 2 aromatic rings. The summed E-state index contributed by atoms with van der Waals surface area (Å²) in [4.78, 5) is 25.1. The van der Waals surface area contributed by atoms with Crippen LogP contribution in [0.15, 0.2) is 58.2 Å². The van der Waals surface area contributed by atoms with Gasteiger partial charge in [0.15, 0.2) is 0 Å². The van der Waals surface area contributed by atoms with Crippen molar-refractivity contribution in [3.05, 3.63) is 63.8 Å². The van der Waals surface area contributed by atoms with E-state index >= 15 is 0 Å². The van der Waals surface area contributed by atoms with E-state index in [9.17, 15) is 9.59 Å². The van der Waals surface area contributed by atoms with E-state index < -0.39 is 6.04 Å². The minimum atomic E-state index is -0.585. The van der Waals surface area contributed by atoms with Crippen LogP contribution in [0.5, 0.6) is 11.5 Å². The van der Waals surface area contributed by atoms with E-state index in [1.807, 2.05) is 24.3 Å². The monoisotopic (exact) mass is 445 g/mol. The largest absolute Gasteiger partial charge is 0.497 e. The van der Waals surface area contributed by atoms with Gasteiger partial charge < -0.3 is 25.4 Å². The fourth-order valence-electron chi connectivity index (χ4n) is 3.00.